The van der Waals surface area contributed by atoms with Crippen molar-refractivity contribution in [2.75, 3.05) is 6.61 Å². The Hall–Kier alpha value is -3.94. The number of furan rings is 1. The van der Waals surface area contributed by atoms with E-state index in [1.54, 1.807) is 25.1 Å². The van der Waals surface area contributed by atoms with Crippen LogP contribution in [0.2, 0.25) is 0 Å². The van der Waals surface area contributed by atoms with Crippen molar-refractivity contribution in [3.8, 4) is 11.3 Å². The van der Waals surface area contributed by atoms with E-state index in [1.165, 1.54) is 0 Å². The first-order valence-corrected chi connectivity index (χ1v) is 10.5. The molecule has 4 aromatic rings. The summed E-state index contributed by atoms with van der Waals surface area (Å²) in [5.74, 6) is 0.462. The number of pyridine rings is 1. The van der Waals surface area contributed by atoms with Crippen molar-refractivity contribution in [2.45, 2.75) is 41.2 Å². The average Bonchev–Trinajstić information content (AvgIpc) is 3.41. The Morgan fingerprint density at radius 2 is 1.88 bits per heavy atom. The Labute approximate surface area is 190 Å². The third kappa shape index (κ3) is 4.00. The molecule has 4 rings (SSSR count). The molecule has 0 N–H and O–H groups in total. The van der Waals surface area contributed by atoms with Crippen LogP contribution in [0.5, 0.6) is 0 Å². The molecule has 0 unspecified atom stereocenters. The number of fused-ring (bicyclic) bond motifs is 1. The number of hydrogen-bond acceptors (Lipinski definition) is 7. The predicted molar refractivity (Wildman–Crippen MR) is 122 cm³/mol. The van der Waals surface area contributed by atoms with Crippen LogP contribution >= 0.6 is 0 Å². The second kappa shape index (κ2) is 8.54. The lowest BCUT2D eigenvalue weighted by atomic mass is 10.1. The first-order chi connectivity index (χ1) is 15.7. The molecule has 0 aliphatic carbocycles. The summed E-state index contributed by atoms with van der Waals surface area (Å²) in [5, 5.41) is 4.40. The van der Waals surface area contributed by atoms with Gasteiger partial charge in [0.05, 0.1) is 22.3 Å². The SMILES string of the molecule is C=CCn1c(C)cc(C(=O)COC(=O)c2cc(-c3cc(C)oc3C)nc3onc(C)c23)c1C. The molecule has 0 bridgehead atoms. The highest BCUT2D eigenvalue weighted by Crippen LogP contribution is 2.30. The molecule has 0 saturated heterocycles. The summed E-state index contributed by atoms with van der Waals surface area (Å²) in [6.07, 6.45) is 1.77. The van der Waals surface area contributed by atoms with Crippen LogP contribution in [-0.4, -0.2) is 33.1 Å². The lowest BCUT2D eigenvalue weighted by Crippen LogP contribution is -2.15. The molecule has 0 fully saturated rings. The van der Waals surface area contributed by atoms with Gasteiger partial charge in [0.1, 0.15) is 11.5 Å². The first kappa shape index (κ1) is 22.3. The Morgan fingerprint density at radius 1 is 1.12 bits per heavy atom. The van der Waals surface area contributed by atoms with Crippen LogP contribution in [0, 0.1) is 34.6 Å². The molecule has 4 heterocycles. The van der Waals surface area contributed by atoms with Crippen molar-refractivity contribution in [2.24, 2.45) is 0 Å². The van der Waals surface area contributed by atoms with Crippen molar-refractivity contribution in [1.82, 2.24) is 14.7 Å². The molecular formula is C25H25N3O5. The summed E-state index contributed by atoms with van der Waals surface area (Å²) < 4.78 is 18.3. The predicted octanol–water partition coefficient (Wildman–Crippen LogP) is 5.05. The van der Waals surface area contributed by atoms with Crippen molar-refractivity contribution in [3.63, 3.8) is 0 Å². The molecule has 0 aliphatic heterocycles. The van der Waals surface area contributed by atoms with E-state index >= 15 is 0 Å². The lowest BCUT2D eigenvalue weighted by Gasteiger charge is -2.08. The van der Waals surface area contributed by atoms with Gasteiger partial charge in [-0.15, -0.1) is 6.58 Å². The fourth-order valence-electron chi connectivity index (χ4n) is 4.06. The van der Waals surface area contributed by atoms with Crippen LogP contribution in [0.4, 0.5) is 0 Å². The van der Waals surface area contributed by atoms with Gasteiger partial charge in [0.15, 0.2) is 6.61 Å². The molecule has 4 aromatic heterocycles. The van der Waals surface area contributed by atoms with Crippen LogP contribution in [0.15, 0.2) is 39.8 Å². The number of allylic oxidation sites excluding steroid dienone is 1. The van der Waals surface area contributed by atoms with Crippen molar-refractivity contribution >= 4 is 22.9 Å². The second-order valence-corrected chi connectivity index (χ2v) is 8.01. The topological polar surface area (TPSA) is 100 Å². The number of aryl methyl sites for hydroxylation is 4. The average molecular weight is 447 g/mol. The number of nitrogens with zero attached hydrogens (tertiary/aromatic N) is 3. The van der Waals surface area contributed by atoms with Gasteiger partial charge >= 0.3 is 5.97 Å². The third-order valence-electron chi connectivity index (χ3n) is 5.67. The Balaban J connectivity index is 1.64. The number of ketones is 1. The minimum atomic E-state index is -0.652. The maximum Gasteiger partial charge on any atom is 0.339 e. The zero-order chi connectivity index (χ0) is 23.9. The third-order valence-corrected chi connectivity index (χ3v) is 5.67. The van der Waals surface area contributed by atoms with Gasteiger partial charge in [0.25, 0.3) is 5.71 Å². The number of carbonyl (C=O) groups is 2. The molecular weight excluding hydrogens is 422 g/mol. The number of rotatable bonds is 7. The highest BCUT2D eigenvalue weighted by molar-refractivity contribution is 6.06. The molecule has 0 atom stereocenters. The smallest absolute Gasteiger partial charge is 0.339 e. The summed E-state index contributed by atoms with van der Waals surface area (Å²) in [4.78, 5) is 30.4. The van der Waals surface area contributed by atoms with Gasteiger partial charge in [0.2, 0.25) is 5.78 Å². The molecule has 0 amide bonds. The van der Waals surface area contributed by atoms with E-state index in [1.807, 2.05) is 38.3 Å². The summed E-state index contributed by atoms with van der Waals surface area (Å²) in [6, 6.07) is 5.25. The lowest BCUT2D eigenvalue weighted by molar-refractivity contribution is 0.0476. The number of Topliss-reactive ketones (excluding diaryl/α,β-unsaturated/α-hetero) is 1. The van der Waals surface area contributed by atoms with Crippen LogP contribution in [0.3, 0.4) is 0 Å². The number of hydrogen-bond donors (Lipinski definition) is 0. The van der Waals surface area contributed by atoms with Crippen LogP contribution in [-0.2, 0) is 11.3 Å². The summed E-state index contributed by atoms with van der Waals surface area (Å²) in [6.45, 7) is 13.1. The van der Waals surface area contributed by atoms with Gasteiger partial charge in [-0.05, 0) is 52.8 Å². The molecule has 0 radical (unpaired) electrons. The van der Waals surface area contributed by atoms with Gasteiger partial charge in [-0.25, -0.2) is 9.78 Å². The van der Waals surface area contributed by atoms with Crippen LogP contribution in [0.1, 0.15) is 49.3 Å². The fourth-order valence-corrected chi connectivity index (χ4v) is 4.06. The molecule has 0 aromatic carbocycles. The van der Waals surface area contributed by atoms with Crippen molar-refractivity contribution in [3.05, 3.63) is 70.6 Å². The van der Waals surface area contributed by atoms with E-state index in [0.29, 0.717) is 34.6 Å². The van der Waals surface area contributed by atoms with Gasteiger partial charge < -0.3 is 18.2 Å². The van der Waals surface area contributed by atoms with Crippen molar-refractivity contribution in [1.29, 1.82) is 0 Å². The van der Waals surface area contributed by atoms with Gasteiger partial charge in [-0.2, -0.15) is 0 Å². The largest absolute Gasteiger partial charge is 0.466 e. The van der Waals surface area contributed by atoms with E-state index in [0.717, 1.165) is 22.7 Å². The molecule has 8 heteroatoms. The van der Waals surface area contributed by atoms with E-state index in [9.17, 15) is 9.59 Å². The van der Waals surface area contributed by atoms with E-state index in [4.69, 9.17) is 13.7 Å². The molecule has 33 heavy (non-hydrogen) atoms. The van der Waals surface area contributed by atoms with Crippen LogP contribution < -0.4 is 0 Å². The number of aromatic nitrogens is 3. The maximum atomic E-state index is 13.1. The first-order valence-electron chi connectivity index (χ1n) is 10.5. The molecule has 0 spiro atoms. The zero-order valence-electron chi connectivity index (χ0n) is 19.3. The number of carbonyl (C=O) groups excluding carboxylic acids is 2. The van der Waals surface area contributed by atoms with Gasteiger partial charge in [-0.3, -0.25) is 4.79 Å². The fraction of sp³-hybridized carbons (Fsp3) is 0.280. The quantitative estimate of drug-likeness (QED) is 0.222. The normalized spacial score (nSPS) is 11.2. The minimum absolute atomic E-state index is 0.217. The Bertz CT molecular complexity index is 1400. The second-order valence-electron chi connectivity index (χ2n) is 8.01. The Kier molecular flexibility index (Phi) is 5.76. The molecule has 0 aliphatic rings. The van der Waals surface area contributed by atoms with Crippen molar-refractivity contribution < 1.29 is 23.3 Å². The van der Waals surface area contributed by atoms with Gasteiger partial charge in [0, 0.05) is 29.1 Å². The molecule has 0 saturated carbocycles. The minimum Gasteiger partial charge on any atom is -0.466 e. The number of ether oxygens (including phenoxy) is 1. The number of esters is 1. The van der Waals surface area contributed by atoms with Crippen LogP contribution in [0.25, 0.3) is 22.4 Å². The summed E-state index contributed by atoms with van der Waals surface area (Å²) in [7, 11) is 0. The zero-order valence-corrected chi connectivity index (χ0v) is 19.3. The summed E-state index contributed by atoms with van der Waals surface area (Å²) in [5.41, 5.74) is 4.47. The standard InChI is InChI=1S/C25H25N3O5/c1-7-8-28-13(2)9-18(16(28)5)22(29)12-31-25(30)20-11-21(19-10-14(3)32-17(19)6)26-24-23(20)15(4)27-33-24/h7,9-11H,1,8,12H2,2-6H3. The van der Waals surface area contributed by atoms with Gasteiger partial charge in [-0.1, -0.05) is 11.2 Å². The maximum absolute atomic E-state index is 13.1. The monoisotopic (exact) mass is 447 g/mol. The van der Waals surface area contributed by atoms with E-state index in [-0.39, 0.29) is 23.7 Å². The Morgan fingerprint density at radius 3 is 2.55 bits per heavy atom. The van der Waals surface area contributed by atoms with E-state index < -0.39 is 5.97 Å². The highest BCUT2D eigenvalue weighted by atomic mass is 16.5. The summed E-state index contributed by atoms with van der Waals surface area (Å²) >= 11 is 0. The highest BCUT2D eigenvalue weighted by Gasteiger charge is 2.23. The molecule has 170 valence electrons. The van der Waals surface area contributed by atoms with E-state index in [2.05, 4.69) is 16.7 Å². The molecule has 8 nitrogen and oxygen atoms in total.